The second kappa shape index (κ2) is 4.44. The second-order valence-corrected chi connectivity index (χ2v) is 6.38. The maximum Gasteiger partial charge on any atom is 0.155 e. The molecule has 1 atom stereocenters. The first-order chi connectivity index (χ1) is 9.33. The van der Waals surface area contributed by atoms with Crippen molar-refractivity contribution in [2.75, 3.05) is 31.6 Å². The summed E-state index contributed by atoms with van der Waals surface area (Å²) in [5, 5.41) is 8.75. The molecule has 1 aromatic rings. The lowest BCUT2D eigenvalue weighted by Crippen LogP contribution is -2.46. The minimum Gasteiger partial charge on any atom is -0.350 e. The van der Waals surface area contributed by atoms with Gasteiger partial charge < -0.3 is 9.80 Å². The molecule has 4 heteroatoms. The molecule has 0 bridgehead atoms. The first kappa shape index (κ1) is 11.6. The van der Waals surface area contributed by atoms with E-state index in [4.69, 9.17) is 0 Å². The maximum atomic E-state index is 4.47. The molecular formula is C15H22N4. The first-order valence-corrected chi connectivity index (χ1v) is 7.62. The summed E-state index contributed by atoms with van der Waals surface area (Å²) >= 11 is 0. The van der Waals surface area contributed by atoms with Crippen LogP contribution < -0.4 is 4.90 Å². The van der Waals surface area contributed by atoms with Crippen molar-refractivity contribution in [2.45, 2.75) is 44.1 Å². The number of anilines is 1. The molecule has 2 aliphatic heterocycles. The summed E-state index contributed by atoms with van der Waals surface area (Å²) in [6, 6.07) is 0.642. The number of likely N-dealkylation sites (tertiary alicyclic amines) is 1. The van der Waals surface area contributed by atoms with E-state index >= 15 is 0 Å². The zero-order chi connectivity index (χ0) is 12.8. The highest BCUT2D eigenvalue weighted by molar-refractivity contribution is 5.56. The predicted molar refractivity (Wildman–Crippen MR) is 75.6 cm³/mol. The number of likely N-dealkylation sites (N-methyl/N-ethyl adjacent to an activating group) is 1. The molecule has 3 aliphatic rings. The van der Waals surface area contributed by atoms with Gasteiger partial charge in [-0.25, -0.2) is 0 Å². The van der Waals surface area contributed by atoms with Crippen molar-refractivity contribution in [1.29, 1.82) is 0 Å². The molecule has 0 spiro atoms. The fraction of sp³-hybridized carbons (Fsp3) is 0.733. The van der Waals surface area contributed by atoms with E-state index in [2.05, 4.69) is 27.0 Å². The molecule has 4 rings (SSSR count). The van der Waals surface area contributed by atoms with E-state index in [-0.39, 0.29) is 0 Å². The van der Waals surface area contributed by atoms with E-state index in [0.29, 0.717) is 6.04 Å². The minimum atomic E-state index is 0.642. The van der Waals surface area contributed by atoms with E-state index in [1.54, 1.807) is 0 Å². The van der Waals surface area contributed by atoms with E-state index in [1.807, 2.05) is 6.20 Å². The Morgan fingerprint density at radius 2 is 2.11 bits per heavy atom. The third kappa shape index (κ3) is 2.02. The molecule has 0 aromatic carbocycles. The van der Waals surface area contributed by atoms with Crippen LogP contribution in [0.2, 0.25) is 0 Å². The summed E-state index contributed by atoms with van der Waals surface area (Å²) in [4.78, 5) is 4.98. The number of fused-ring (bicyclic) bond motifs is 1. The minimum absolute atomic E-state index is 0.642. The summed E-state index contributed by atoms with van der Waals surface area (Å²) in [6.07, 6.45) is 8.51. The van der Waals surface area contributed by atoms with E-state index in [0.717, 1.165) is 12.5 Å². The van der Waals surface area contributed by atoms with Gasteiger partial charge in [-0.2, -0.15) is 5.10 Å². The molecule has 4 nitrogen and oxygen atoms in total. The lowest BCUT2D eigenvalue weighted by atomic mass is 10.0. The zero-order valence-corrected chi connectivity index (χ0v) is 11.7. The van der Waals surface area contributed by atoms with E-state index in [1.165, 1.54) is 62.1 Å². The summed E-state index contributed by atoms with van der Waals surface area (Å²) in [5.41, 5.74) is 3.00. The van der Waals surface area contributed by atoms with Crippen LogP contribution in [0.5, 0.6) is 0 Å². The number of piperidine rings is 1. The van der Waals surface area contributed by atoms with Gasteiger partial charge in [-0.05, 0) is 57.2 Å². The highest BCUT2D eigenvalue weighted by atomic mass is 15.3. The lowest BCUT2D eigenvalue weighted by Gasteiger charge is -2.36. The van der Waals surface area contributed by atoms with Gasteiger partial charge in [0.15, 0.2) is 5.82 Å². The molecule has 1 aliphatic carbocycles. The second-order valence-electron chi connectivity index (χ2n) is 6.38. The van der Waals surface area contributed by atoms with Gasteiger partial charge in [-0.3, -0.25) is 0 Å². The summed E-state index contributed by atoms with van der Waals surface area (Å²) < 4.78 is 0. The van der Waals surface area contributed by atoms with Gasteiger partial charge in [0.1, 0.15) is 0 Å². The molecule has 0 amide bonds. The summed E-state index contributed by atoms with van der Waals surface area (Å²) in [5.74, 6) is 1.99. The molecular weight excluding hydrogens is 236 g/mol. The normalized spacial score (nSPS) is 27.6. The fourth-order valence-electron chi connectivity index (χ4n) is 3.73. The predicted octanol–water partition coefficient (Wildman–Crippen LogP) is 1.81. The van der Waals surface area contributed by atoms with Crippen LogP contribution >= 0.6 is 0 Å². The summed E-state index contributed by atoms with van der Waals surface area (Å²) in [7, 11) is 2.23. The number of hydrogen-bond donors (Lipinski definition) is 0. The molecule has 3 heterocycles. The van der Waals surface area contributed by atoms with Crippen LogP contribution in [0.1, 0.15) is 42.7 Å². The van der Waals surface area contributed by atoms with E-state index in [9.17, 15) is 0 Å². The average Bonchev–Trinajstić information content (AvgIpc) is 3.17. The Hall–Kier alpha value is -1.16. The Morgan fingerprint density at radius 1 is 1.21 bits per heavy atom. The molecule has 0 unspecified atom stereocenters. The van der Waals surface area contributed by atoms with Gasteiger partial charge in [-0.15, -0.1) is 5.10 Å². The molecule has 102 valence electrons. The van der Waals surface area contributed by atoms with Gasteiger partial charge in [0.25, 0.3) is 0 Å². The third-order valence-corrected chi connectivity index (χ3v) is 4.90. The average molecular weight is 258 g/mol. The Bertz CT molecular complexity index is 483. The SMILES string of the molecule is CN1CCC[C@@H](N2CCc3c(C4CC4)cnnc32)C1. The number of hydrogen-bond acceptors (Lipinski definition) is 4. The van der Waals surface area contributed by atoms with Crippen molar-refractivity contribution in [3.63, 3.8) is 0 Å². The van der Waals surface area contributed by atoms with Gasteiger partial charge in [0.05, 0.1) is 6.20 Å². The maximum absolute atomic E-state index is 4.47. The Kier molecular flexibility index (Phi) is 2.72. The Labute approximate surface area is 114 Å². The number of aromatic nitrogens is 2. The van der Waals surface area contributed by atoms with Crippen molar-refractivity contribution in [3.8, 4) is 0 Å². The van der Waals surface area contributed by atoms with Gasteiger partial charge in [0.2, 0.25) is 0 Å². The van der Waals surface area contributed by atoms with Gasteiger partial charge >= 0.3 is 0 Å². The van der Waals surface area contributed by atoms with Crippen LogP contribution in [-0.4, -0.2) is 47.8 Å². The van der Waals surface area contributed by atoms with Gasteiger partial charge in [0, 0.05) is 24.7 Å². The van der Waals surface area contributed by atoms with Crippen molar-refractivity contribution in [2.24, 2.45) is 0 Å². The Morgan fingerprint density at radius 3 is 2.89 bits per heavy atom. The van der Waals surface area contributed by atoms with Gasteiger partial charge in [-0.1, -0.05) is 0 Å². The van der Waals surface area contributed by atoms with Crippen LogP contribution in [0, 0.1) is 0 Å². The number of nitrogens with zero attached hydrogens (tertiary/aromatic N) is 4. The topological polar surface area (TPSA) is 32.3 Å². The molecule has 1 saturated heterocycles. The summed E-state index contributed by atoms with van der Waals surface area (Å²) in [6.45, 7) is 3.56. The van der Waals surface area contributed by atoms with Crippen molar-refractivity contribution >= 4 is 5.82 Å². The monoisotopic (exact) mass is 258 g/mol. The highest BCUT2D eigenvalue weighted by Crippen LogP contribution is 2.44. The molecule has 19 heavy (non-hydrogen) atoms. The molecule has 1 saturated carbocycles. The largest absolute Gasteiger partial charge is 0.350 e. The molecule has 2 fully saturated rings. The zero-order valence-electron chi connectivity index (χ0n) is 11.7. The van der Waals surface area contributed by atoms with Crippen LogP contribution in [0.15, 0.2) is 6.20 Å². The van der Waals surface area contributed by atoms with Crippen LogP contribution in [0.4, 0.5) is 5.82 Å². The number of rotatable bonds is 2. The van der Waals surface area contributed by atoms with Crippen molar-refractivity contribution < 1.29 is 0 Å². The fourth-order valence-corrected chi connectivity index (χ4v) is 3.73. The quantitative estimate of drug-likeness (QED) is 0.810. The lowest BCUT2D eigenvalue weighted by molar-refractivity contribution is 0.245. The third-order valence-electron chi connectivity index (χ3n) is 4.90. The van der Waals surface area contributed by atoms with Crippen molar-refractivity contribution in [1.82, 2.24) is 15.1 Å². The first-order valence-electron chi connectivity index (χ1n) is 7.62. The van der Waals surface area contributed by atoms with Crippen molar-refractivity contribution in [3.05, 3.63) is 17.3 Å². The highest BCUT2D eigenvalue weighted by Gasteiger charge is 2.35. The molecule has 1 aromatic heterocycles. The Balaban J connectivity index is 1.63. The standard InChI is InChI=1S/C15H22N4/c1-18-7-2-3-12(10-18)19-8-6-13-14(11-4-5-11)9-16-17-15(13)19/h9,11-12H,2-8,10H2,1H3/t12-/m1/s1. The van der Waals surface area contributed by atoms with Crippen LogP contribution in [-0.2, 0) is 6.42 Å². The smallest absolute Gasteiger partial charge is 0.155 e. The van der Waals surface area contributed by atoms with Crippen LogP contribution in [0.3, 0.4) is 0 Å². The molecule has 0 N–H and O–H groups in total. The van der Waals surface area contributed by atoms with E-state index < -0.39 is 0 Å². The molecule has 0 radical (unpaired) electrons. The van der Waals surface area contributed by atoms with Crippen LogP contribution in [0.25, 0.3) is 0 Å².